The first-order chi connectivity index (χ1) is 11.5. The number of ether oxygens (including phenoxy) is 1. The lowest BCUT2D eigenvalue weighted by atomic mass is 10.2. The molecular formula is C18H20N2O4. The number of benzene rings is 1. The number of furan rings is 1. The number of carbonyl (C=O) groups is 2. The number of rotatable bonds is 5. The Morgan fingerprint density at radius 3 is 2.46 bits per heavy atom. The van der Waals surface area contributed by atoms with Gasteiger partial charge in [-0.1, -0.05) is 12.1 Å². The van der Waals surface area contributed by atoms with Crippen molar-refractivity contribution in [3.8, 4) is 5.75 Å². The molecule has 24 heavy (non-hydrogen) atoms. The molecule has 0 saturated heterocycles. The molecule has 2 N–H and O–H groups in total. The number of hydrogen-bond donors (Lipinski definition) is 2. The standard InChI is InChI=1S/C18H20N2O4/c1-4-23-15-8-5-14(6-9-15)7-10-17(21)19-20-18(22)16-11-12(2)24-13(16)3/h5-11H,4H2,1-3H3,(H,19,21)(H,20,22). The third kappa shape index (κ3) is 4.74. The normalized spacial score (nSPS) is 10.6. The Morgan fingerprint density at radius 1 is 1.17 bits per heavy atom. The topological polar surface area (TPSA) is 80.6 Å². The average molecular weight is 328 g/mol. The summed E-state index contributed by atoms with van der Waals surface area (Å²) >= 11 is 0. The first-order valence-electron chi connectivity index (χ1n) is 7.58. The lowest BCUT2D eigenvalue weighted by Gasteiger charge is -2.04. The Bertz CT molecular complexity index is 745. The molecule has 6 nitrogen and oxygen atoms in total. The molecule has 2 amide bonds. The molecule has 1 aromatic heterocycles. The second-order valence-corrected chi connectivity index (χ2v) is 5.11. The van der Waals surface area contributed by atoms with E-state index in [9.17, 15) is 9.59 Å². The third-order valence-corrected chi connectivity index (χ3v) is 3.20. The van der Waals surface area contributed by atoms with Crippen LogP contribution in [0.2, 0.25) is 0 Å². The fraction of sp³-hybridized carbons (Fsp3) is 0.222. The minimum Gasteiger partial charge on any atom is -0.494 e. The van der Waals surface area contributed by atoms with Crippen molar-refractivity contribution in [1.82, 2.24) is 10.9 Å². The van der Waals surface area contributed by atoms with Gasteiger partial charge >= 0.3 is 0 Å². The van der Waals surface area contributed by atoms with Crippen LogP contribution < -0.4 is 15.6 Å². The van der Waals surface area contributed by atoms with Crippen molar-refractivity contribution in [1.29, 1.82) is 0 Å². The lowest BCUT2D eigenvalue weighted by molar-refractivity contribution is -0.117. The molecule has 0 bridgehead atoms. The lowest BCUT2D eigenvalue weighted by Crippen LogP contribution is -2.40. The van der Waals surface area contributed by atoms with Crippen molar-refractivity contribution >= 4 is 17.9 Å². The van der Waals surface area contributed by atoms with Gasteiger partial charge in [0.25, 0.3) is 11.8 Å². The third-order valence-electron chi connectivity index (χ3n) is 3.20. The van der Waals surface area contributed by atoms with Crippen molar-refractivity contribution in [2.45, 2.75) is 20.8 Å². The molecular weight excluding hydrogens is 308 g/mol. The zero-order valence-corrected chi connectivity index (χ0v) is 13.9. The van der Waals surface area contributed by atoms with Crippen LogP contribution in [-0.2, 0) is 4.79 Å². The van der Waals surface area contributed by atoms with Crippen molar-refractivity contribution in [3.63, 3.8) is 0 Å². The van der Waals surface area contributed by atoms with Gasteiger partial charge in [-0.15, -0.1) is 0 Å². The summed E-state index contributed by atoms with van der Waals surface area (Å²) in [6.45, 7) is 5.96. The molecule has 0 saturated carbocycles. The molecule has 0 aliphatic carbocycles. The van der Waals surface area contributed by atoms with Crippen molar-refractivity contribution in [3.05, 3.63) is 59.1 Å². The summed E-state index contributed by atoms with van der Waals surface area (Å²) in [5, 5.41) is 0. The minimum atomic E-state index is -0.435. The van der Waals surface area contributed by atoms with Crippen LogP contribution in [0.15, 0.2) is 40.8 Å². The van der Waals surface area contributed by atoms with Gasteiger partial charge in [0, 0.05) is 6.08 Å². The summed E-state index contributed by atoms with van der Waals surface area (Å²) in [5.74, 6) is 1.06. The number of amides is 2. The number of hydrogen-bond acceptors (Lipinski definition) is 4. The maximum absolute atomic E-state index is 11.9. The Morgan fingerprint density at radius 2 is 1.88 bits per heavy atom. The van der Waals surface area contributed by atoms with Gasteiger partial charge in [0.15, 0.2) is 0 Å². The molecule has 0 spiro atoms. The maximum atomic E-state index is 11.9. The Kier molecular flexibility index (Phi) is 5.78. The first-order valence-corrected chi connectivity index (χ1v) is 7.58. The minimum absolute atomic E-state index is 0.392. The fourth-order valence-electron chi connectivity index (χ4n) is 2.10. The van der Waals surface area contributed by atoms with Crippen LogP contribution in [0, 0.1) is 13.8 Å². The van der Waals surface area contributed by atoms with Crippen LogP contribution in [0.5, 0.6) is 5.75 Å². The van der Waals surface area contributed by atoms with Gasteiger partial charge in [0.05, 0.1) is 12.2 Å². The first kappa shape index (κ1) is 17.3. The van der Waals surface area contributed by atoms with E-state index < -0.39 is 11.8 Å². The van der Waals surface area contributed by atoms with Gasteiger partial charge in [-0.3, -0.25) is 20.4 Å². The van der Waals surface area contributed by atoms with Gasteiger partial charge in [0.2, 0.25) is 0 Å². The molecule has 6 heteroatoms. The molecule has 0 atom stereocenters. The van der Waals surface area contributed by atoms with Gasteiger partial charge in [-0.05, 0) is 50.6 Å². The highest BCUT2D eigenvalue weighted by Crippen LogP contribution is 2.13. The van der Waals surface area contributed by atoms with Crippen LogP contribution in [0.4, 0.5) is 0 Å². The zero-order valence-electron chi connectivity index (χ0n) is 13.9. The van der Waals surface area contributed by atoms with Crippen LogP contribution in [0.25, 0.3) is 6.08 Å². The molecule has 1 heterocycles. The second kappa shape index (κ2) is 8.01. The van der Waals surface area contributed by atoms with Gasteiger partial charge in [0.1, 0.15) is 17.3 Å². The van der Waals surface area contributed by atoms with Crippen LogP contribution >= 0.6 is 0 Å². The van der Waals surface area contributed by atoms with Crippen molar-refractivity contribution in [2.75, 3.05) is 6.61 Å². The molecule has 0 aliphatic heterocycles. The van der Waals surface area contributed by atoms with Crippen molar-refractivity contribution < 1.29 is 18.7 Å². The van der Waals surface area contributed by atoms with E-state index in [1.807, 2.05) is 31.2 Å². The Labute approximate surface area is 140 Å². The average Bonchev–Trinajstić information content (AvgIpc) is 2.91. The van der Waals surface area contributed by atoms with Gasteiger partial charge in [-0.25, -0.2) is 0 Å². The smallest absolute Gasteiger partial charge is 0.273 e. The van der Waals surface area contributed by atoms with E-state index in [2.05, 4.69) is 10.9 Å². The van der Waals surface area contributed by atoms with Crippen LogP contribution in [-0.4, -0.2) is 18.4 Å². The van der Waals surface area contributed by atoms with Crippen molar-refractivity contribution in [2.24, 2.45) is 0 Å². The van der Waals surface area contributed by atoms with Gasteiger partial charge in [-0.2, -0.15) is 0 Å². The molecule has 0 fully saturated rings. The number of carbonyl (C=O) groups excluding carboxylic acids is 2. The monoisotopic (exact) mass is 328 g/mol. The largest absolute Gasteiger partial charge is 0.494 e. The Balaban J connectivity index is 1.86. The second-order valence-electron chi connectivity index (χ2n) is 5.11. The predicted octanol–water partition coefficient (Wildman–Crippen LogP) is 2.77. The van der Waals surface area contributed by atoms with E-state index in [4.69, 9.17) is 9.15 Å². The summed E-state index contributed by atoms with van der Waals surface area (Å²) in [5.41, 5.74) is 5.91. The van der Waals surface area contributed by atoms with Gasteiger partial charge < -0.3 is 9.15 Å². The zero-order chi connectivity index (χ0) is 17.5. The van der Waals surface area contributed by atoms with E-state index in [0.717, 1.165) is 11.3 Å². The highest BCUT2D eigenvalue weighted by Gasteiger charge is 2.13. The van der Waals surface area contributed by atoms with Crippen LogP contribution in [0.3, 0.4) is 0 Å². The molecule has 0 unspecified atom stereocenters. The number of hydrazine groups is 1. The molecule has 0 radical (unpaired) electrons. The number of aryl methyl sites for hydroxylation is 2. The fourth-order valence-corrected chi connectivity index (χ4v) is 2.10. The van der Waals surface area contributed by atoms with E-state index in [-0.39, 0.29) is 0 Å². The molecule has 1 aromatic carbocycles. The van der Waals surface area contributed by atoms with E-state index in [1.54, 1.807) is 26.0 Å². The van der Waals surface area contributed by atoms with E-state index in [1.165, 1.54) is 6.08 Å². The molecule has 126 valence electrons. The Hall–Kier alpha value is -3.02. The summed E-state index contributed by atoms with van der Waals surface area (Å²) in [6.07, 6.45) is 2.98. The SMILES string of the molecule is CCOc1ccc(C=CC(=O)NNC(=O)c2cc(C)oc2C)cc1. The summed E-state index contributed by atoms with van der Waals surface area (Å²) in [7, 11) is 0. The predicted molar refractivity (Wildman–Crippen MR) is 90.4 cm³/mol. The summed E-state index contributed by atoms with van der Waals surface area (Å²) in [4.78, 5) is 23.7. The molecule has 2 rings (SSSR count). The highest BCUT2D eigenvalue weighted by atomic mass is 16.5. The van der Waals surface area contributed by atoms with E-state index >= 15 is 0 Å². The molecule has 2 aromatic rings. The quantitative estimate of drug-likeness (QED) is 0.653. The maximum Gasteiger partial charge on any atom is 0.273 e. The highest BCUT2D eigenvalue weighted by molar-refractivity contribution is 5.98. The summed E-state index contributed by atoms with van der Waals surface area (Å²) in [6, 6.07) is 8.95. The summed E-state index contributed by atoms with van der Waals surface area (Å²) < 4.78 is 10.6. The number of nitrogens with one attached hydrogen (secondary N) is 2. The van der Waals surface area contributed by atoms with Crippen LogP contribution in [0.1, 0.15) is 34.4 Å². The molecule has 0 aliphatic rings. The van der Waals surface area contributed by atoms with E-state index in [0.29, 0.717) is 23.7 Å².